The summed E-state index contributed by atoms with van der Waals surface area (Å²) in [5.41, 5.74) is 0.204. The first kappa shape index (κ1) is 19.2. The first-order valence-corrected chi connectivity index (χ1v) is 7.97. The lowest BCUT2D eigenvalue weighted by atomic mass is 9.93. The van der Waals surface area contributed by atoms with Crippen LogP contribution in [0, 0.1) is 0 Å². The number of aldehydes is 1. The van der Waals surface area contributed by atoms with Gasteiger partial charge in [0.2, 0.25) is 0 Å². The van der Waals surface area contributed by atoms with Crippen LogP contribution in [0.4, 0.5) is 4.79 Å². The van der Waals surface area contributed by atoms with Crippen LogP contribution >= 0.6 is 0 Å². The molecule has 0 spiro atoms. The van der Waals surface area contributed by atoms with E-state index < -0.39 is 5.60 Å². The number of rotatable bonds is 5. The summed E-state index contributed by atoms with van der Waals surface area (Å²) in [5.74, 6) is -0.368. The van der Waals surface area contributed by atoms with Crippen LogP contribution in [0.1, 0.15) is 52.9 Å². The highest BCUT2D eigenvalue weighted by Gasteiger charge is 2.32. The SMILES string of the molecule is COC(=O)C/C=C(\CC=O)[C@@H]1CCCCN1C(=O)OC(C)(C)C. The molecule has 23 heavy (non-hydrogen) atoms. The Morgan fingerprint density at radius 2 is 1.91 bits per heavy atom. The maximum Gasteiger partial charge on any atom is 0.410 e. The van der Waals surface area contributed by atoms with Crippen molar-refractivity contribution < 1.29 is 23.9 Å². The summed E-state index contributed by atoms with van der Waals surface area (Å²) >= 11 is 0. The van der Waals surface area contributed by atoms with Crippen LogP contribution in [-0.4, -0.2) is 48.5 Å². The zero-order chi connectivity index (χ0) is 17.5. The van der Waals surface area contributed by atoms with Crippen LogP contribution in [-0.2, 0) is 19.1 Å². The largest absolute Gasteiger partial charge is 0.469 e. The summed E-state index contributed by atoms with van der Waals surface area (Å²) < 4.78 is 10.1. The molecule has 0 N–H and O–H groups in total. The lowest BCUT2D eigenvalue weighted by Gasteiger charge is -2.37. The van der Waals surface area contributed by atoms with Crippen molar-refractivity contribution in [3.63, 3.8) is 0 Å². The number of esters is 1. The lowest BCUT2D eigenvalue weighted by Crippen LogP contribution is -2.47. The van der Waals surface area contributed by atoms with Gasteiger partial charge in [0.15, 0.2) is 0 Å². The zero-order valence-corrected chi connectivity index (χ0v) is 14.5. The Bertz CT molecular complexity index is 464. The second-order valence-corrected chi connectivity index (χ2v) is 6.62. The van der Waals surface area contributed by atoms with Crippen molar-refractivity contribution in [3.8, 4) is 0 Å². The number of nitrogens with zero attached hydrogens (tertiary/aromatic N) is 1. The third kappa shape index (κ3) is 6.42. The number of hydrogen-bond donors (Lipinski definition) is 0. The first-order chi connectivity index (χ1) is 10.8. The minimum Gasteiger partial charge on any atom is -0.469 e. The second kappa shape index (κ2) is 8.70. The highest BCUT2D eigenvalue weighted by Crippen LogP contribution is 2.27. The van der Waals surface area contributed by atoms with Gasteiger partial charge < -0.3 is 19.2 Å². The molecule has 0 aliphatic carbocycles. The van der Waals surface area contributed by atoms with Crippen LogP contribution in [0.2, 0.25) is 0 Å². The quantitative estimate of drug-likeness (QED) is 0.441. The number of piperidine rings is 1. The molecular formula is C17H27NO5. The highest BCUT2D eigenvalue weighted by atomic mass is 16.6. The second-order valence-electron chi connectivity index (χ2n) is 6.62. The molecule has 1 amide bonds. The molecule has 0 unspecified atom stereocenters. The third-order valence-corrected chi connectivity index (χ3v) is 3.64. The van der Waals surface area contributed by atoms with Crippen molar-refractivity contribution in [2.75, 3.05) is 13.7 Å². The Balaban J connectivity index is 2.93. The van der Waals surface area contributed by atoms with E-state index in [0.717, 1.165) is 31.1 Å². The van der Waals surface area contributed by atoms with Gasteiger partial charge in [-0.05, 0) is 45.6 Å². The normalized spacial score (nSPS) is 19.2. The first-order valence-electron chi connectivity index (χ1n) is 7.97. The molecule has 0 aromatic rings. The maximum atomic E-state index is 12.4. The van der Waals surface area contributed by atoms with Crippen LogP contribution in [0.3, 0.4) is 0 Å². The molecule has 1 aliphatic heterocycles. The average molecular weight is 325 g/mol. The van der Waals surface area contributed by atoms with Gasteiger partial charge >= 0.3 is 12.1 Å². The van der Waals surface area contributed by atoms with Crippen molar-refractivity contribution in [1.29, 1.82) is 0 Å². The standard InChI is InChI=1S/C17H27NO5/c1-17(2,3)23-16(21)18-11-6-5-7-14(18)13(10-12-19)8-9-15(20)22-4/h8,12,14H,5-7,9-11H2,1-4H3/b13-8+/t14-/m0/s1. The van der Waals surface area contributed by atoms with Crippen molar-refractivity contribution in [3.05, 3.63) is 11.6 Å². The summed E-state index contributed by atoms with van der Waals surface area (Å²) in [6.07, 6.45) is 5.05. The van der Waals surface area contributed by atoms with Gasteiger partial charge in [0.25, 0.3) is 0 Å². The smallest absolute Gasteiger partial charge is 0.410 e. The molecule has 0 aromatic carbocycles. The number of ether oxygens (including phenoxy) is 2. The van der Waals surface area contributed by atoms with Gasteiger partial charge in [-0.3, -0.25) is 4.79 Å². The molecule has 1 fully saturated rings. The summed E-state index contributed by atoms with van der Waals surface area (Å²) in [4.78, 5) is 36.4. The fourth-order valence-electron chi connectivity index (χ4n) is 2.61. The Kier molecular flexibility index (Phi) is 7.26. The van der Waals surface area contributed by atoms with E-state index in [-0.39, 0.29) is 30.9 Å². The maximum absolute atomic E-state index is 12.4. The predicted octanol–water partition coefficient (Wildman–Crippen LogP) is 2.85. The van der Waals surface area contributed by atoms with Crippen LogP contribution in [0.15, 0.2) is 11.6 Å². The Morgan fingerprint density at radius 3 is 2.48 bits per heavy atom. The van der Waals surface area contributed by atoms with Gasteiger partial charge in [-0.25, -0.2) is 4.79 Å². The number of amides is 1. The summed E-state index contributed by atoms with van der Waals surface area (Å²) in [7, 11) is 1.32. The minimum atomic E-state index is -0.570. The van der Waals surface area contributed by atoms with Gasteiger partial charge in [0.05, 0.1) is 19.6 Å². The van der Waals surface area contributed by atoms with E-state index >= 15 is 0 Å². The Labute approximate surface area is 137 Å². The van der Waals surface area contributed by atoms with Crippen molar-refractivity contribution in [1.82, 2.24) is 4.90 Å². The van der Waals surface area contributed by atoms with Crippen molar-refractivity contribution >= 4 is 18.3 Å². The highest BCUT2D eigenvalue weighted by molar-refractivity contribution is 5.72. The number of likely N-dealkylation sites (tertiary alicyclic amines) is 1. The lowest BCUT2D eigenvalue weighted by molar-refractivity contribution is -0.139. The van der Waals surface area contributed by atoms with E-state index in [1.807, 2.05) is 20.8 Å². The van der Waals surface area contributed by atoms with E-state index in [4.69, 9.17) is 4.74 Å². The summed E-state index contributed by atoms with van der Waals surface area (Å²) in [6.45, 7) is 6.06. The van der Waals surface area contributed by atoms with E-state index in [2.05, 4.69) is 4.74 Å². The molecule has 0 radical (unpaired) electrons. The van der Waals surface area contributed by atoms with Crippen LogP contribution in [0.5, 0.6) is 0 Å². The Hall–Kier alpha value is -1.85. The molecule has 6 heteroatoms. The van der Waals surface area contributed by atoms with Gasteiger partial charge in [0.1, 0.15) is 11.9 Å². The minimum absolute atomic E-state index is 0.0956. The molecule has 1 saturated heterocycles. The van der Waals surface area contributed by atoms with Gasteiger partial charge in [-0.2, -0.15) is 0 Å². The third-order valence-electron chi connectivity index (χ3n) is 3.64. The molecule has 0 bridgehead atoms. The summed E-state index contributed by atoms with van der Waals surface area (Å²) in [5, 5.41) is 0. The van der Waals surface area contributed by atoms with Gasteiger partial charge in [0, 0.05) is 13.0 Å². The number of carbonyl (C=O) groups excluding carboxylic acids is 3. The predicted molar refractivity (Wildman–Crippen MR) is 86.0 cm³/mol. The molecule has 1 rings (SSSR count). The van der Waals surface area contributed by atoms with Gasteiger partial charge in [-0.15, -0.1) is 0 Å². The Morgan fingerprint density at radius 1 is 1.22 bits per heavy atom. The molecule has 1 aliphatic rings. The van der Waals surface area contributed by atoms with Gasteiger partial charge in [-0.1, -0.05) is 6.08 Å². The molecular weight excluding hydrogens is 298 g/mol. The molecule has 130 valence electrons. The van der Waals surface area contributed by atoms with Crippen LogP contribution in [0.25, 0.3) is 0 Å². The monoisotopic (exact) mass is 325 g/mol. The molecule has 1 atom stereocenters. The van der Waals surface area contributed by atoms with E-state index in [9.17, 15) is 14.4 Å². The van der Waals surface area contributed by atoms with Crippen molar-refractivity contribution in [2.45, 2.75) is 64.5 Å². The van der Waals surface area contributed by atoms with E-state index in [0.29, 0.717) is 6.54 Å². The number of carbonyl (C=O) groups is 3. The number of hydrogen-bond acceptors (Lipinski definition) is 5. The topological polar surface area (TPSA) is 72.9 Å². The van der Waals surface area contributed by atoms with E-state index in [1.54, 1.807) is 11.0 Å². The number of methoxy groups -OCH3 is 1. The molecule has 1 heterocycles. The molecule has 6 nitrogen and oxygen atoms in total. The summed E-state index contributed by atoms with van der Waals surface area (Å²) in [6, 6.07) is -0.201. The fourth-order valence-corrected chi connectivity index (χ4v) is 2.61. The van der Waals surface area contributed by atoms with E-state index in [1.165, 1.54) is 7.11 Å². The average Bonchev–Trinajstić information content (AvgIpc) is 2.49. The zero-order valence-electron chi connectivity index (χ0n) is 14.5. The molecule has 0 aromatic heterocycles. The fraction of sp³-hybridized carbons (Fsp3) is 0.706. The molecule has 0 saturated carbocycles. The van der Waals surface area contributed by atoms with Crippen LogP contribution < -0.4 is 0 Å². The van der Waals surface area contributed by atoms with Crippen molar-refractivity contribution in [2.24, 2.45) is 0 Å².